The Morgan fingerprint density at radius 1 is 0.957 bits per heavy atom. The van der Waals surface area contributed by atoms with Crippen LogP contribution in [0.2, 0.25) is 0 Å². The van der Waals surface area contributed by atoms with Gasteiger partial charge in [0, 0.05) is 18.0 Å². The van der Waals surface area contributed by atoms with Gasteiger partial charge in [-0.15, -0.1) is 6.58 Å². The second kappa shape index (κ2) is 8.66. The molecule has 0 spiro atoms. The summed E-state index contributed by atoms with van der Waals surface area (Å²) in [5, 5.41) is 13.4. The Bertz CT molecular complexity index is 579. The first-order chi connectivity index (χ1) is 11.2. The summed E-state index contributed by atoms with van der Waals surface area (Å²) in [7, 11) is 0. The van der Waals surface area contributed by atoms with Crippen LogP contribution in [0.4, 0.5) is 0 Å². The normalized spacial score (nSPS) is 15.1. The minimum Gasteiger partial charge on any atom is -0.395 e. The van der Waals surface area contributed by atoms with Crippen LogP contribution in [0, 0.1) is 5.92 Å². The first-order valence-corrected chi connectivity index (χ1v) is 8.26. The van der Waals surface area contributed by atoms with E-state index in [1.807, 2.05) is 18.2 Å². The number of benzene rings is 2. The van der Waals surface area contributed by atoms with Crippen LogP contribution in [0.25, 0.3) is 0 Å². The molecule has 0 amide bonds. The molecule has 0 radical (unpaired) electrons. The largest absolute Gasteiger partial charge is 0.395 e. The molecule has 1 unspecified atom stereocenters. The Kier molecular flexibility index (Phi) is 6.57. The smallest absolute Gasteiger partial charge is 0.0587 e. The van der Waals surface area contributed by atoms with E-state index in [0.717, 1.165) is 0 Å². The zero-order chi connectivity index (χ0) is 16.7. The van der Waals surface area contributed by atoms with Crippen LogP contribution in [0.1, 0.15) is 36.9 Å². The van der Waals surface area contributed by atoms with Crippen LogP contribution in [0.15, 0.2) is 73.3 Å². The van der Waals surface area contributed by atoms with Gasteiger partial charge in [-0.2, -0.15) is 0 Å². The highest BCUT2D eigenvalue weighted by atomic mass is 16.3. The number of rotatable bonds is 8. The average Bonchev–Trinajstić information content (AvgIpc) is 2.60. The van der Waals surface area contributed by atoms with E-state index in [2.05, 4.69) is 74.3 Å². The number of aliphatic hydroxyl groups is 1. The third-order valence-electron chi connectivity index (χ3n) is 4.35. The molecule has 0 aliphatic carbocycles. The van der Waals surface area contributed by atoms with Gasteiger partial charge in [0.25, 0.3) is 0 Å². The quantitative estimate of drug-likeness (QED) is 0.712. The molecule has 0 aliphatic heterocycles. The van der Waals surface area contributed by atoms with Crippen LogP contribution < -0.4 is 5.32 Å². The summed E-state index contributed by atoms with van der Waals surface area (Å²) in [5.74, 6) is 0.499. The van der Waals surface area contributed by atoms with Gasteiger partial charge in [0.15, 0.2) is 0 Å². The van der Waals surface area contributed by atoms with Gasteiger partial charge in [-0.05, 0) is 17.0 Å². The maximum absolute atomic E-state index is 9.73. The van der Waals surface area contributed by atoms with Gasteiger partial charge in [-0.1, -0.05) is 80.6 Å². The van der Waals surface area contributed by atoms with Gasteiger partial charge in [0.2, 0.25) is 0 Å². The van der Waals surface area contributed by atoms with Gasteiger partial charge < -0.3 is 10.4 Å². The second-order valence-electron chi connectivity index (χ2n) is 6.26. The van der Waals surface area contributed by atoms with Crippen molar-refractivity contribution < 1.29 is 5.11 Å². The monoisotopic (exact) mass is 309 g/mol. The first kappa shape index (κ1) is 17.5. The van der Waals surface area contributed by atoms with Crippen molar-refractivity contribution in [3.05, 3.63) is 84.4 Å². The topological polar surface area (TPSA) is 32.3 Å². The molecular formula is C21H27NO. The van der Waals surface area contributed by atoms with Crippen LogP contribution in [-0.4, -0.2) is 17.8 Å². The fourth-order valence-electron chi connectivity index (χ4n) is 2.89. The van der Waals surface area contributed by atoms with Crippen LogP contribution >= 0.6 is 0 Å². The van der Waals surface area contributed by atoms with E-state index in [1.165, 1.54) is 11.1 Å². The number of hydrogen-bond acceptors (Lipinski definition) is 2. The molecule has 0 bridgehead atoms. The molecule has 0 aliphatic rings. The molecule has 0 aromatic heterocycles. The lowest BCUT2D eigenvalue weighted by Gasteiger charge is -2.32. The van der Waals surface area contributed by atoms with Crippen LogP contribution in [0.3, 0.4) is 0 Å². The van der Waals surface area contributed by atoms with Gasteiger partial charge in [0.05, 0.1) is 6.61 Å². The zero-order valence-electron chi connectivity index (χ0n) is 14.0. The summed E-state index contributed by atoms with van der Waals surface area (Å²) in [6.07, 6.45) is 1.99. The summed E-state index contributed by atoms with van der Waals surface area (Å²) in [6, 6.07) is 20.9. The highest BCUT2D eigenvalue weighted by Crippen LogP contribution is 2.32. The molecule has 2 rings (SSSR count). The lowest BCUT2D eigenvalue weighted by atomic mass is 9.86. The lowest BCUT2D eigenvalue weighted by molar-refractivity contribution is 0.196. The summed E-state index contributed by atoms with van der Waals surface area (Å²) >= 11 is 0. The summed E-state index contributed by atoms with van der Waals surface area (Å²) in [6.45, 7) is 8.44. The van der Waals surface area contributed by atoms with Crippen molar-refractivity contribution in [1.29, 1.82) is 0 Å². The van der Waals surface area contributed by atoms with E-state index in [4.69, 9.17) is 0 Å². The summed E-state index contributed by atoms with van der Waals surface area (Å²) < 4.78 is 0. The molecule has 2 aromatic rings. The van der Waals surface area contributed by atoms with Gasteiger partial charge in [0.1, 0.15) is 0 Å². The van der Waals surface area contributed by atoms with Crippen LogP contribution in [-0.2, 0) is 0 Å². The molecule has 2 aromatic carbocycles. The number of nitrogens with one attached hydrogen (secondary N) is 1. The minimum atomic E-state index is 0.0476. The van der Waals surface area contributed by atoms with Crippen molar-refractivity contribution in [3.63, 3.8) is 0 Å². The van der Waals surface area contributed by atoms with Crippen molar-refractivity contribution in [1.82, 2.24) is 5.32 Å². The Labute approximate surface area is 139 Å². The van der Waals surface area contributed by atoms with E-state index in [1.54, 1.807) is 0 Å². The third kappa shape index (κ3) is 4.54. The third-order valence-corrected chi connectivity index (χ3v) is 4.35. The molecule has 0 saturated carbocycles. The van der Waals surface area contributed by atoms with Crippen molar-refractivity contribution >= 4 is 0 Å². The van der Waals surface area contributed by atoms with Gasteiger partial charge in [-0.3, -0.25) is 0 Å². The molecule has 0 fully saturated rings. The molecule has 2 nitrogen and oxygen atoms in total. The first-order valence-electron chi connectivity index (χ1n) is 8.26. The van der Waals surface area contributed by atoms with Crippen molar-refractivity contribution in [3.8, 4) is 0 Å². The molecule has 3 atom stereocenters. The molecule has 0 saturated heterocycles. The highest BCUT2D eigenvalue weighted by Gasteiger charge is 2.25. The van der Waals surface area contributed by atoms with E-state index in [-0.39, 0.29) is 24.6 Å². The molecule has 23 heavy (non-hydrogen) atoms. The second-order valence-corrected chi connectivity index (χ2v) is 6.26. The van der Waals surface area contributed by atoms with Crippen LogP contribution in [0.5, 0.6) is 0 Å². The lowest BCUT2D eigenvalue weighted by Crippen LogP contribution is -2.41. The van der Waals surface area contributed by atoms with Gasteiger partial charge >= 0.3 is 0 Å². The summed E-state index contributed by atoms with van der Waals surface area (Å²) in [5.41, 5.74) is 2.43. The van der Waals surface area contributed by atoms with E-state index in [9.17, 15) is 5.11 Å². The average molecular weight is 309 g/mol. The predicted octanol–water partition coefficient (Wildman–Crippen LogP) is 4.30. The Morgan fingerprint density at radius 3 is 1.91 bits per heavy atom. The highest BCUT2D eigenvalue weighted by molar-refractivity contribution is 5.31. The number of hydrogen-bond donors (Lipinski definition) is 2. The summed E-state index contributed by atoms with van der Waals surface area (Å²) in [4.78, 5) is 0. The molecule has 0 heterocycles. The maximum atomic E-state index is 9.73. The van der Waals surface area contributed by atoms with Crippen molar-refractivity contribution in [2.24, 2.45) is 5.92 Å². The fourth-order valence-corrected chi connectivity index (χ4v) is 2.89. The van der Waals surface area contributed by atoms with E-state index >= 15 is 0 Å². The number of aliphatic hydroxyl groups excluding tert-OH is 1. The Balaban J connectivity index is 2.38. The van der Waals surface area contributed by atoms with Gasteiger partial charge in [-0.25, -0.2) is 0 Å². The zero-order valence-corrected chi connectivity index (χ0v) is 14.0. The maximum Gasteiger partial charge on any atom is 0.0587 e. The van der Waals surface area contributed by atoms with E-state index in [0.29, 0.717) is 5.92 Å². The van der Waals surface area contributed by atoms with E-state index < -0.39 is 0 Å². The minimum absolute atomic E-state index is 0.0476. The Hall–Kier alpha value is -1.90. The standard InChI is InChI=1S/C21H27NO/c1-4-19(17-11-7-5-8-12-17)21(18-13-9-6-10-14-18)22-20(15-23)16(2)3/h4-14,16,19-23H,1,15H2,2-3H3/t19?,20-,21-/m1/s1. The Morgan fingerprint density at radius 2 is 1.48 bits per heavy atom. The van der Waals surface area contributed by atoms with Crippen molar-refractivity contribution in [2.75, 3.05) is 6.61 Å². The molecular weight excluding hydrogens is 282 g/mol. The fraction of sp³-hybridized carbons (Fsp3) is 0.333. The predicted molar refractivity (Wildman–Crippen MR) is 97.4 cm³/mol. The molecule has 122 valence electrons. The molecule has 2 N–H and O–H groups in total. The SMILES string of the molecule is C=CC(c1ccccc1)[C@H](N[C@H](CO)C(C)C)c1ccccc1. The van der Waals surface area contributed by atoms with Crippen molar-refractivity contribution in [2.45, 2.75) is 31.8 Å². The molecule has 2 heteroatoms.